The molecule has 0 amide bonds. The van der Waals surface area contributed by atoms with Crippen LogP contribution in [0.5, 0.6) is 0 Å². The van der Waals surface area contributed by atoms with E-state index >= 15 is 0 Å². The third kappa shape index (κ3) is 3.98. The average molecular weight is 301 g/mol. The smallest absolute Gasteiger partial charge is 0.292 e. The summed E-state index contributed by atoms with van der Waals surface area (Å²) in [4.78, 5) is 12.9. The molecule has 0 radical (unpaired) electrons. The number of hydrogen-bond donors (Lipinski definition) is 2. The Morgan fingerprint density at radius 2 is 2.00 bits per heavy atom. The number of benzene rings is 1. The van der Waals surface area contributed by atoms with Crippen LogP contribution in [0.3, 0.4) is 0 Å². The van der Waals surface area contributed by atoms with Gasteiger partial charge in [0.15, 0.2) is 0 Å². The lowest BCUT2D eigenvalue weighted by Gasteiger charge is -2.29. The summed E-state index contributed by atoms with van der Waals surface area (Å²) in [5.41, 5.74) is 1.76. The first-order valence-corrected chi connectivity index (χ1v) is 6.58. The largest absolute Gasteiger partial charge is 0.377 e. The van der Waals surface area contributed by atoms with Crippen LogP contribution < -0.4 is 15.5 Å². The highest BCUT2D eigenvalue weighted by molar-refractivity contribution is 5.85. The zero-order valence-corrected chi connectivity index (χ0v) is 12.6. The fraction of sp³-hybridized carbons (Fsp3) is 0.538. The van der Waals surface area contributed by atoms with Gasteiger partial charge >= 0.3 is 0 Å². The Kier molecular flexibility index (Phi) is 6.04. The first-order valence-electron chi connectivity index (χ1n) is 6.58. The van der Waals surface area contributed by atoms with Gasteiger partial charge in [-0.2, -0.15) is 0 Å². The lowest BCUT2D eigenvalue weighted by molar-refractivity contribution is -0.384. The molecular formula is C13H21ClN4O2. The first kappa shape index (κ1) is 16.5. The van der Waals surface area contributed by atoms with Crippen molar-refractivity contribution in [3.8, 4) is 0 Å². The van der Waals surface area contributed by atoms with Crippen LogP contribution in [0.2, 0.25) is 0 Å². The normalized spacial score (nSPS) is 14.8. The highest BCUT2D eigenvalue weighted by Gasteiger charge is 2.18. The van der Waals surface area contributed by atoms with Crippen molar-refractivity contribution in [3.05, 3.63) is 28.3 Å². The monoisotopic (exact) mass is 300 g/mol. The molecule has 1 fully saturated rings. The summed E-state index contributed by atoms with van der Waals surface area (Å²) in [5.74, 6) is 0. The molecule has 2 N–H and O–H groups in total. The van der Waals surface area contributed by atoms with E-state index in [0.29, 0.717) is 5.69 Å². The number of hydrogen-bond acceptors (Lipinski definition) is 5. The molecule has 1 heterocycles. The Morgan fingerprint density at radius 1 is 1.35 bits per heavy atom. The Balaban J connectivity index is 0.00000200. The van der Waals surface area contributed by atoms with Crippen molar-refractivity contribution >= 4 is 29.5 Å². The van der Waals surface area contributed by atoms with Crippen molar-refractivity contribution < 1.29 is 4.92 Å². The van der Waals surface area contributed by atoms with E-state index in [4.69, 9.17) is 0 Å². The second-order valence-electron chi connectivity index (χ2n) is 4.99. The summed E-state index contributed by atoms with van der Waals surface area (Å²) >= 11 is 0. The topological polar surface area (TPSA) is 70.4 Å². The molecule has 0 saturated carbocycles. The van der Waals surface area contributed by atoms with E-state index in [9.17, 15) is 10.1 Å². The summed E-state index contributed by atoms with van der Waals surface area (Å²) in [6.45, 7) is 7.70. The minimum absolute atomic E-state index is 0. The van der Waals surface area contributed by atoms with Crippen LogP contribution >= 0.6 is 12.4 Å². The van der Waals surface area contributed by atoms with Crippen LogP contribution in [0.4, 0.5) is 17.1 Å². The van der Waals surface area contributed by atoms with Crippen LogP contribution in [-0.4, -0.2) is 37.1 Å². The van der Waals surface area contributed by atoms with Gasteiger partial charge < -0.3 is 15.5 Å². The number of nitrogens with zero attached hydrogens (tertiary/aromatic N) is 2. The highest BCUT2D eigenvalue weighted by atomic mass is 35.5. The maximum absolute atomic E-state index is 11.0. The molecule has 0 unspecified atom stereocenters. The maximum Gasteiger partial charge on any atom is 0.292 e. The first-order chi connectivity index (χ1) is 9.08. The van der Waals surface area contributed by atoms with Crippen molar-refractivity contribution in [1.29, 1.82) is 0 Å². The molecule has 1 aromatic rings. The number of piperazine rings is 1. The lowest BCUT2D eigenvalue weighted by atomic mass is 10.2. The minimum Gasteiger partial charge on any atom is -0.377 e. The van der Waals surface area contributed by atoms with E-state index in [2.05, 4.69) is 15.5 Å². The Hall–Kier alpha value is -1.53. The fourth-order valence-corrected chi connectivity index (χ4v) is 2.23. The molecule has 0 aliphatic carbocycles. The van der Waals surface area contributed by atoms with Crippen LogP contribution in [0, 0.1) is 10.1 Å². The predicted molar refractivity (Wildman–Crippen MR) is 84.2 cm³/mol. The summed E-state index contributed by atoms with van der Waals surface area (Å²) < 4.78 is 0. The van der Waals surface area contributed by atoms with Crippen LogP contribution in [0.25, 0.3) is 0 Å². The molecule has 6 nitrogen and oxygen atoms in total. The van der Waals surface area contributed by atoms with Gasteiger partial charge in [0.25, 0.3) is 5.69 Å². The molecule has 1 aliphatic heterocycles. The minimum atomic E-state index is -0.341. The van der Waals surface area contributed by atoms with Gasteiger partial charge in [0.2, 0.25) is 0 Å². The number of nitro benzene ring substituents is 1. The van der Waals surface area contributed by atoms with E-state index in [1.807, 2.05) is 26.0 Å². The highest BCUT2D eigenvalue weighted by Crippen LogP contribution is 2.30. The Labute approximate surface area is 125 Å². The second kappa shape index (κ2) is 7.31. The van der Waals surface area contributed by atoms with E-state index in [0.717, 1.165) is 31.9 Å². The number of nitrogens with one attached hydrogen (secondary N) is 2. The third-order valence-corrected chi connectivity index (χ3v) is 3.10. The Bertz CT molecular complexity index is 462. The molecule has 0 bridgehead atoms. The van der Waals surface area contributed by atoms with E-state index < -0.39 is 0 Å². The maximum atomic E-state index is 11.0. The predicted octanol–water partition coefficient (Wildman–Crippen LogP) is 2.25. The van der Waals surface area contributed by atoms with Crippen molar-refractivity contribution in [2.24, 2.45) is 0 Å². The zero-order chi connectivity index (χ0) is 13.8. The van der Waals surface area contributed by atoms with Crippen molar-refractivity contribution in [1.82, 2.24) is 5.32 Å². The van der Waals surface area contributed by atoms with Gasteiger partial charge in [-0.15, -0.1) is 12.4 Å². The molecule has 2 rings (SSSR count). The van der Waals surface area contributed by atoms with E-state index in [1.54, 1.807) is 6.07 Å². The fourth-order valence-electron chi connectivity index (χ4n) is 2.23. The summed E-state index contributed by atoms with van der Waals surface area (Å²) in [5, 5.41) is 17.5. The number of nitro groups is 1. The van der Waals surface area contributed by atoms with Gasteiger partial charge in [-0.05, 0) is 26.0 Å². The molecule has 1 aromatic carbocycles. The van der Waals surface area contributed by atoms with Crippen molar-refractivity contribution in [2.45, 2.75) is 19.9 Å². The molecule has 7 heteroatoms. The summed E-state index contributed by atoms with van der Waals surface area (Å²) in [6.07, 6.45) is 0. The zero-order valence-electron chi connectivity index (χ0n) is 11.8. The Morgan fingerprint density at radius 3 is 2.55 bits per heavy atom. The van der Waals surface area contributed by atoms with Crippen LogP contribution in [-0.2, 0) is 0 Å². The number of rotatable bonds is 4. The molecule has 0 spiro atoms. The quantitative estimate of drug-likeness (QED) is 0.659. The van der Waals surface area contributed by atoms with Crippen molar-refractivity contribution in [3.63, 3.8) is 0 Å². The van der Waals surface area contributed by atoms with Gasteiger partial charge in [-0.3, -0.25) is 10.1 Å². The SMILES string of the molecule is CC(C)Nc1cc(N2CCNCC2)ccc1[N+](=O)[O-].Cl. The standard InChI is InChI=1S/C13H20N4O2.ClH/c1-10(2)15-12-9-11(3-4-13(12)17(18)19)16-7-5-14-6-8-16;/h3-4,9-10,14-15H,5-8H2,1-2H3;1H. The van der Waals surface area contributed by atoms with Crippen LogP contribution in [0.15, 0.2) is 18.2 Å². The van der Waals surface area contributed by atoms with Gasteiger partial charge in [-0.25, -0.2) is 0 Å². The summed E-state index contributed by atoms with van der Waals surface area (Å²) in [6, 6.07) is 5.46. The van der Waals surface area contributed by atoms with Gasteiger partial charge in [0.1, 0.15) is 5.69 Å². The van der Waals surface area contributed by atoms with E-state index in [-0.39, 0.29) is 29.1 Å². The van der Waals surface area contributed by atoms with Gasteiger partial charge in [0.05, 0.1) is 4.92 Å². The number of halogens is 1. The second-order valence-corrected chi connectivity index (χ2v) is 4.99. The van der Waals surface area contributed by atoms with Gasteiger partial charge in [0, 0.05) is 44.0 Å². The third-order valence-electron chi connectivity index (χ3n) is 3.10. The number of anilines is 2. The molecule has 1 aliphatic rings. The molecular weight excluding hydrogens is 280 g/mol. The molecule has 1 saturated heterocycles. The average Bonchev–Trinajstić information content (AvgIpc) is 2.38. The molecule has 20 heavy (non-hydrogen) atoms. The van der Waals surface area contributed by atoms with Crippen molar-refractivity contribution in [2.75, 3.05) is 36.4 Å². The lowest BCUT2D eigenvalue weighted by Crippen LogP contribution is -2.43. The van der Waals surface area contributed by atoms with Crippen LogP contribution in [0.1, 0.15) is 13.8 Å². The molecule has 112 valence electrons. The van der Waals surface area contributed by atoms with Gasteiger partial charge in [-0.1, -0.05) is 0 Å². The molecule has 0 atom stereocenters. The van der Waals surface area contributed by atoms with E-state index in [1.165, 1.54) is 0 Å². The molecule has 0 aromatic heterocycles. The summed E-state index contributed by atoms with van der Waals surface area (Å²) in [7, 11) is 0.